The second-order valence-electron chi connectivity index (χ2n) is 9.01. The first kappa shape index (κ1) is 33.0. The average molecular weight is 540 g/mol. The molecular formula is C29H40F3NO5. The number of rotatable bonds is 18. The molecule has 0 aliphatic carbocycles. The number of carbonyl (C=O) groups is 2. The molecule has 6 nitrogen and oxygen atoms in total. The van der Waals surface area contributed by atoms with E-state index >= 15 is 0 Å². The number of hydrogen-bond acceptors (Lipinski definition) is 4. The average Bonchev–Trinajstić information content (AvgIpc) is 2.88. The highest BCUT2D eigenvalue weighted by Crippen LogP contribution is 2.16. The number of unbranched alkanes of at least 4 members (excludes halogenated alkanes) is 6. The van der Waals surface area contributed by atoms with E-state index in [0.29, 0.717) is 6.54 Å². The molecule has 0 amide bonds. The Labute approximate surface area is 223 Å². The van der Waals surface area contributed by atoms with Crippen molar-refractivity contribution in [3.05, 3.63) is 65.7 Å². The lowest BCUT2D eigenvalue weighted by molar-refractivity contribution is -0.192. The van der Waals surface area contributed by atoms with E-state index in [1.807, 2.05) is 6.07 Å². The number of benzene rings is 2. The number of alkyl halides is 3. The Bertz CT molecular complexity index is 907. The van der Waals surface area contributed by atoms with Crippen LogP contribution in [-0.4, -0.2) is 48.0 Å². The summed E-state index contributed by atoms with van der Waals surface area (Å²) in [5.74, 6) is -2.55. The van der Waals surface area contributed by atoms with Gasteiger partial charge in [-0.1, -0.05) is 74.6 Å². The highest BCUT2D eigenvalue weighted by Gasteiger charge is 2.38. The van der Waals surface area contributed by atoms with Gasteiger partial charge < -0.3 is 20.3 Å². The number of aliphatic carboxylic acids is 2. The van der Waals surface area contributed by atoms with Gasteiger partial charge in [0.2, 0.25) is 0 Å². The van der Waals surface area contributed by atoms with Gasteiger partial charge in [0.15, 0.2) is 0 Å². The Hall–Kier alpha value is -3.07. The molecule has 0 bridgehead atoms. The summed E-state index contributed by atoms with van der Waals surface area (Å²) in [5, 5.41) is 18.9. The first-order valence-corrected chi connectivity index (χ1v) is 13.2. The van der Waals surface area contributed by atoms with Crippen molar-refractivity contribution in [3.63, 3.8) is 0 Å². The molecule has 0 spiro atoms. The Balaban J connectivity index is 0.000000905. The van der Waals surface area contributed by atoms with Crippen LogP contribution in [0.2, 0.25) is 0 Å². The van der Waals surface area contributed by atoms with Gasteiger partial charge >= 0.3 is 18.1 Å². The molecule has 0 aliphatic heterocycles. The smallest absolute Gasteiger partial charge is 0.490 e. The van der Waals surface area contributed by atoms with E-state index in [-0.39, 0.29) is 6.42 Å². The largest absolute Gasteiger partial charge is 0.494 e. The SMILES string of the molecule is O=C(O)C(F)(F)F.O=C(O)CCNCCCc1cccc(OCCCCCCCCCc2ccccc2)c1. The monoisotopic (exact) mass is 539 g/mol. The second kappa shape index (κ2) is 20.0. The van der Waals surface area contributed by atoms with Crippen LogP contribution in [0, 0.1) is 0 Å². The quantitative estimate of drug-likeness (QED) is 0.183. The summed E-state index contributed by atoms with van der Waals surface area (Å²) in [6, 6.07) is 19.1. The lowest BCUT2D eigenvalue weighted by atomic mass is 10.0. The fraction of sp³-hybridized carbons (Fsp3) is 0.517. The van der Waals surface area contributed by atoms with Crippen LogP contribution in [0.4, 0.5) is 13.2 Å². The Morgan fingerprint density at radius 2 is 1.32 bits per heavy atom. The number of halogens is 3. The Morgan fingerprint density at radius 3 is 1.95 bits per heavy atom. The molecule has 2 aromatic carbocycles. The van der Waals surface area contributed by atoms with Gasteiger partial charge in [-0.05, 0) is 61.9 Å². The third kappa shape index (κ3) is 18.2. The summed E-state index contributed by atoms with van der Waals surface area (Å²) in [5.41, 5.74) is 2.73. The zero-order valence-corrected chi connectivity index (χ0v) is 21.8. The minimum absolute atomic E-state index is 0.178. The fourth-order valence-electron chi connectivity index (χ4n) is 3.68. The molecular weight excluding hydrogens is 499 g/mol. The fourth-order valence-corrected chi connectivity index (χ4v) is 3.68. The van der Waals surface area contributed by atoms with Gasteiger partial charge in [0.25, 0.3) is 0 Å². The van der Waals surface area contributed by atoms with Crippen molar-refractivity contribution in [2.45, 2.75) is 76.8 Å². The minimum Gasteiger partial charge on any atom is -0.494 e. The molecule has 2 rings (SSSR count). The molecule has 0 atom stereocenters. The normalized spacial score (nSPS) is 10.9. The van der Waals surface area contributed by atoms with Gasteiger partial charge in [-0.2, -0.15) is 13.2 Å². The molecule has 3 N–H and O–H groups in total. The maximum Gasteiger partial charge on any atom is 0.490 e. The van der Waals surface area contributed by atoms with E-state index in [1.165, 1.54) is 56.1 Å². The van der Waals surface area contributed by atoms with Crippen LogP contribution < -0.4 is 10.1 Å². The molecule has 0 fully saturated rings. The summed E-state index contributed by atoms with van der Waals surface area (Å²) in [6.45, 7) is 2.16. The maximum atomic E-state index is 10.6. The van der Waals surface area contributed by atoms with Gasteiger partial charge in [-0.3, -0.25) is 4.79 Å². The van der Waals surface area contributed by atoms with Crippen LogP contribution >= 0.6 is 0 Å². The van der Waals surface area contributed by atoms with E-state index in [9.17, 15) is 18.0 Å². The molecule has 0 heterocycles. The van der Waals surface area contributed by atoms with Gasteiger partial charge in [-0.25, -0.2) is 4.79 Å². The van der Waals surface area contributed by atoms with Crippen molar-refractivity contribution in [2.24, 2.45) is 0 Å². The first-order valence-electron chi connectivity index (χ1n) is 13.2. The van der Waals surface area contributed by atoms with Crippen LogP contribution in [0.25, 0.3) is 0 Å². The standard InChI is InChI=1S/C27H39NO3.C2HF3O2/c29-27(30)19-21-28-20-12-17-25-16-11-18-26(23-25)31-22-10-5-3-1-2-4-7-13-24-14-8-6-9-15-24;3-2(4,5)1(6)7/h6,8-9,11,14-16,18,23,28H,1-5,7,10,12-13,17,19-22H2,(H,29,30);(H,6,7). The van der Waals surface area contributed by atoms with Gasteiger partial charge in [-0.15, -0.1) is 0 Å². The molecule has 0 aliphatic rings. The summed E-state index contributed by atoms with van der Waals surface area (Å²) in [6.07, 6.45) is 7.19. The van der Waals surface area contributed by atoms with Crippen molar-refractivity contribution in [3.8, 4) is 5.75 Å². The lowest BCUT2D eigenvalue weighted by Gasteiger charge is -2.09. The first-order chi connectivity index (χ1) is 18.2. The molecule has 0 saturated carbocycles. The summed E-state index contributed by atoms with van der Waals surface area (Å²) >= 11 is 0. The Kier molecular flexibility index (Phi) is 17.3. The highest BCUT2D eigenvalue weighted by molar-refractivity contribution is 5.73. The lowest BCUT2D eigenvalue weighted by Crippen LogP contribution is -2.21. The van der Waals surface area contributed by atoms with Gasteiger partial charge in [0.1, 0.15) is 5.75 Å². The predicted octanol–water partition coefficient (Wildman–Crippen LogP) is 6.67. The summed E-state index contributed by atoms with van der Waals surface area (Å²) in [4.78, 5) is 19.4. The summed E-state index contributed by atoms with van der Waals surface area (Å²) in [7, 11) is 0. The molecule has 0 aromatic heterocycles. The third-order valence-electron chi connectivity index (χ3n) is 5.70. The van der Waals surface area contributed by atoms with Crippen molar-refractivity contribution >= 4 is 11.9 Å². The predicted molar refractivity (Wildman–Crippen MR) is 142 cm³/mol. The number of carboxylic acids is 2. The van der Waals surface area contributed by atoms with Crippen LogP contribution in [0.15, 0.2) is 54.6 Å². The molecule has 9 heteroatoms. The molecule has 38 heavy (non-hydrogen) atoms. The highest BCUT2D eigenvalue weighted by atomic mass is 19.4. The summed E-state index contributed by atoms with van der Waals surface area (Å²) < 4.78 is 37.7. The van der Waals surface area contributed by atoms with Gasteiger partial charge in [0, 0.05) is 6.54 Å². The van der Waals surface area contributed by atoms with Crippen molar-refractivity contribution in [1.82, 2.24) is 5.32 Å². The molecule has 212 valence electrons. The number of ether oxygens (including phenoxy) is 1. The van der Waals surface area contributed by atoms with Crippen molar-refractivity contribution < 1.29 is 37.7 Å². The van der Waals surface area contributed by atoms with Gasteiger partial charge in [0.05, 0.1) is 13.0 Å². The number of nitrogens with one attached hydrogen (secondary N) is 1. The number of hydrogen-bond donors (Lipinski definition) is 3. The molecule has 2 aromatic rings. The van der Waals surface area contributed by atoms with Crippen LogP contribution in [0.3, 0.4) is 0 Å². The molecule has 0 saturated heterocycles. The maximum absolute atomic E-state index is 10.6. The third-order valence-corrected chi connectivity index (χ3v) is 5.70. The molecule has 0 radical (unpaired) electrons. The van der Waals surface area contributed by atoms with Crippen molar-refractivity contribution in [1.29, 1.82) is 0 Å². The minimum atomic E-state index is -5.08. The van der Waals surface area contributed by atoms with E-state index in [2.05, 4.69) is 53.8 Å². The second-order valence-corrected chi connectivity index (χ2v) is 9.01. The van der Waals surface area contributed by atoms with E-state index in [4.69, 9.17) is 19.7 Å². The van der Waals surface area contributed by atoms with Crippen LogP contribution in [0.1, 0.15) is 68.9 Å². The van der Waals surface area contributed by atoms with E-state index in [0.717, 1.165) is 38.2 Å². The number of aryl methyl sites for hydroxylation is 2. The van der Waals surface area contributed by atoms with E-state index < -0.39 is 18.1 Å². The van der Waals surface area contributed by atoms with Crippen LogP contribution in [0.5, 0.6) is 5.75 Å². The zero-order valence-electron chi connectivity index (χ0n) is 21.8. The zero-order chi connectivity index (χ0) is 28.1. The Morgan fingerprint density at radius 1 is 0.737 bits per heavy atom. The van der Waals surface area contributed by atoms with Crippen LogP contribution in [-0.2, 0) is 22.4 Å². The topological polar surface area (TPSA) is 95.9 Å². The molecule has 0 unspecified atom stereocenters. The van der Waals surface area contributed by atoms with E-state index in [1.54, 1.807) is 0 Å². The number of carboxylic acid groups (broad SMARTS) is 2. The van der Waals surface area contributed by atoms with Crippen molar-refractivity contribution in [2.75, 3.05) is 19.7 Å².